The molecule has 28 heavy (non-hydrogen) atoms. The zero-order valence-corrected chi connectivity index (χ0v) is 16.6. The average molecular weight is 379 g/mol. The molecule has 3 aromatic rings. The number of nitrogens with zero attached hydrogens (tertiary/aromatic N) is 4. The highest BCUT2D eigenvalue weighted by molar-refractivity contribution is 5.88. The molecule has 0 bridgehead atoms. The van der Waals surface area contributed by atoms with E-state index in [0.29, 0.717) is 0 Å². The van der Waals surface area contributed by atoms with Crippen LogP contribution in [0.15, 0.2) is 48.8 Å². The quantitative estimate of drug-likeness (QED) is 0.690. The van der Waals surface area contributed by atoms with E-state index >= 15 is 0 Å². The second kappa shape index (κ2) is 7.36. The Morgan fingerprint density at radius 1 is 1.04 bits per heavy atom. The first-order valence-electron chi connectivity index (χ1n) is 9.75. The third-order valence-electron chi connectivity index (χ3n) is 5.46. The van der Waals surface area contributed by atoms with E-state index in [1.54, 1.807) is 24.5 Å². The number of pyridine rings is 1. The standard InChI is InChI=1S/C22H26FN5/c1-4-22(2,3)15-27-13-14-28-21(26-27)19(16-9-11-24-12-10-16)20(25-28)17-5-7-18(23)8-6-17/h5-12,26H,4,13-15H2,1-3H3. The van der Waals surface area contributed by atoms with Gasteiger partial charge in [-0.25, -0.2) is 14.1 Å². The molecule has 0 saturated carbocycles. The van der Waals surface area contributed by atoms with Crippen molar-refractivity contribution in [1.29, 1.82) is 0 Å². The molecule has 1 aliphatic rings. The number of anilines is 1. The van der Waals surface area contributed by atoms with Crippen LogP contribution >= 0.6 is 0 Å². The molecule has 2 aromatic heterocycles. The van der Waals surface area contributed by atoms with Crippen molar-refractivity contribution in [2.45, 2.75) is 33.7 Å². The number of hydrogen-bond acceptors (Lipinski definition) is 4. The third kappa shape index (κ3) is 3.64. The fourth-order valence-corrected chi connectivity index (χ4v) is 3.51. The molecule has 0 fully saturated rings. The van der Waals surface area contributed by atoms with Crippen molar-refractivity contribution >= 4 is 5.82 Å². The first-order chi connectivity index (χ1) is 13.5. The second-order valence-corrected chi connectivity index (χ2v) is 8.09. The van der Waals surface area contributed by atoms with Crippen LogP contribution in [0, 0.1) is 11.2 Å². The molecule has 0 saturated heterocycles. The Bertz CT molecular complexity index is 947. The zero-order valence-electron chi connectivity index (χ0n) is 16.6. The van der Waals surface area contributed by atoms with Crippen LogP contribution in [0.1, 0.15) is 27.2 Å². The van der Waals surface area contributed by atoms with Crippen LogP contribution in [-0.2, 0) is 6.54 Å². The maximum Gasteiger partial charge on any atom is 0.147 e. The first-order valence-corrected chi connectivity index (χ1v) is 9.75. The van der Waals surface area contributed by atoms with E-state index in [-0.39, 0.29) is 11.2 Å². The van der Waals surface area contributed by atoms with Gasteiger partial charge >= 0.3 is 0 Å². The summed E-state index contributed by atoms with van der Waals surface area (Å²) < 4.78 is 15.5. The van der Waals surface area contributed by atoms with Crippen molar-refractivity contribution in [3.8, 4) is 22.4 Å². The summed E-state index contributed by atoms with van der Waals surface area (Å²) in [4.78, 5) is 4.15. The summed E-state index contributed by atoms with van der Waals surface area (Å²) in [7, 11) is 0. The maximum atomic E-state index is 13.4. The van der Waals surface area contributed by atoms with Gasteiger partial charge in [0.15, 0.2) is 0 Å². The Morgan fingerprint density at radius 2 is 1.75 bits per heavy atom. The predicted octanol–water partition coefficient (Wildman–Crippen LogP) is 4.83. The van der Waals surface area contributed by atoms with Crippen molar-refractivity contribution in [3.05, 3.63) is 54.6 Å². The van der Waals surface area contributed by atoms with Gasteiger partial charge in [-0.3, -0.25) is 4.98 Å². The third-order valence-corrected chi connectivity index (χ3v) is 5.46. The molecule has 146 valence electrons. The van der Waals surface area contributed by atoms with Crippen LogP contribution < -0.4 is 5.43 Å². The lowest BCUT2D eigenvalue weighted by Crippen LogP contribution is -2.43. The summed E-state index contributed by atoms with van der Waals surface area (Å²) in [5.41, 5.74) is 7.64. The van der Waals surface area contributed by atoms with Crippen molar-refractivity contribution in [3.63, 3.8) is 0 Å². The molecule has 5 nitrogen and oxygen atoms in total. The molecule has 4 rings (SSSR count). The van der Waals surface area contributed by atoms with E-state index in [0.717, 1.165) is 54.3 Å². The Hall–Kier alpha value is -2.73. The van der Waals surface area contributed by atoms with Gasteiger partial charge in [-0.2, -0.15) is 5.10 Å². The van der Waals surface area contributed by atoms with Gasteiger partial charge in [0, 0.05) is 31.0 Å². The van der Waals surface area contributed by atoms with Gasteiger partial charge in [-0.1, -0.05) is 20.8 Å². The van der Waals surface area contributed by atoms with E-state index in [4.69, 9.17) is 5.10 Å². The molecule has 3 heterocycles. The van der Waals surface area contributed by atoms with E-state index in [1.165, 1.54) is 12.1 Å². The second-order valence-electron chi connectivity index (χ2n) is 8.09. The Morgan fingerprint density at radius 3 is 2.43 bits per heavy atom. The summed E-state index contributed by atoms with van der Waals surface area (Å²) in [6.07, 6.45) is 4.69. The van der Waals surface area contributed by atoms with Crippen molar-refractivity contribution in [2.24, 2.45) is 5.41 Å². The number of fused-ring (bicyclic) bond motifs is 1. The molecule has 1 aromatic carbocycles. The van der Waals surface area contributed by atoms with E-state index in [1.807, 2.05) is 16.8 Å². The minimum atomic E-state index is -0.246. The van der Waals surface area contributed by atoms with Gasteiger partial charge < -0.3 is 5.43 Å². The highest BCUT2D eigenvalue weighted by Gasteiger charge is 2.28. The zero-order chi connectivity index (χ0) is 19.7. The molecule has 6 heteroatoms. The number of hydrazine groups is 1. The van der Waals surface area contributed by atoms with E-state index < -0.39 is 0 Å². The van der Waals surface area contributed by atoms with Crippen molar-refractivity contribution in [1.82, 2.24) is 19.8 Å². The van der Waals surface area contributed by atoms with Crippen LogP contribution in [0.4, 0.5) is 10.2 Å². The SMILES string of the molecule is CCC(C)(C)CN1CCn2nc(-c3ccc(F)cc3)c(-c3ccncc3)c2N1. The number of nitrogens with one attached hydrogen (secondary N) is 1. The Labute approximate surface area is 165 Å². The van der Waals surface area contributed by atoms with Crippen LogP contribution in [0.25, 0.3) is 22.4 Å². The van der Waals surface area contributed by atoms with Crippen LogP contribution in [0.3, 0.4) is 0 Å². The summed E-state index contributed by atoms with van der Waals surface area (Å²) in [6, 6.07) is 10.5. The van der Waals surface area contributed by atoms with Gasteiger partial charge in [0.25, 0.3) is 0 Å². The van der Waals surface area contributed by atoms with Gasteiger partial charge in [0.1, 0.15) is 17.3 Å². The van der Waals surface area contributed by atoms with E-state index in [9.17, 15) is 4.39 Å². The van der Waals surface area contributed by atoms with Gasteiger partial charge in [-0.05, 0) is 53.8 Å². The van der Waals surface area contributed by atoms with Crippen molar-refractivity contribution < 1.29 is 4.39 Å². The Balaban J connectivity index is 1.78. The van der Waals surface area contributed by atoms with Crippen LogP contribution in [0.5, 0.6) is 0 Å². The smallest absolute Gasteiger partial charge is 0.147 e. The number of hydrogen-bond donors (Lipinski definition) is 1. The minimum absolute atomic E-state index is 0.228. The average Bonchev–Trinajstić information content (AvgIpc) is 3.07. The van der Waals surface area contributed by atoms with Crippen LogP contribution in [-0.4, -0.2) is 32.9 Å². The number of rotatable bonds is 5. The molecule has 0 unspecified atom stereocenters. The highest BCUT2D eigenvalue weighted by Crippen LogP contribution is 2.39. The van der Waals surface area contributed by atoms with Crippen molar-refractivity contribution in [2.75, 3.05) is 18.5 Å². The molecule has 0 radical (unpaired) electrons. The monoisotopic (exact) mass is 379 g/mol. The van der Waals surface area contributed by atoms with Gasteiger partial charge in [0.2, 0.25) is 0 Å². The molecule has 1 aliphatic heterocycles. The van der Waals surface area contributed by atoms with Gasteiger partial charge in [-0.15, -0.1) is 0 Å². The highest BCUT2D eigenvalue weighted by atomic mass is 19.1. The molecule has 0 atom stereocenters. The van der Waals surface area contributed by atoms with E-state index in [2.05, 4.69) is 36.2 Å². The summed E-state index contributed by atoms with van der Waals surface area (Å²) in [6.45, 7) is 9.44. The molecular formula is C22H26FN5. The fraction of sp³-hybridized carbons (Fsp3) is 0.364. The fourth-order valence-electron chi connectivity index (χ4n) is 3.51. The molecular weight excluding hydrogens is 353 g/mol. The largest absolute Gasteiger partial charge is 0.303 e. The molecule has 1 N–H and O–H groups in total. The summed E-state index contributed by atoms with van der Waals surface area (Å²) in [5.74, 6) is 0.730. The molecule has 0 amide bonds. The maximum absolute atomic E-state index is 13.4. The number of halogens is 1. The lowest BCUT2D eigenvalue weighted by molar-refractivity contribution is 0.183. The summed E-state index contributed by atoms with van der Waals surface area (Å²) >= 11 is 0. The lowest BCUT2D eigenvalue weighted by Gasteiger charge is -2.35. The predicted molar refractivity (Wildman–Crippen MR) is 110 cm³/mol. The summed E-state index contributed by atoms with van der Waals surface area (Å²) in [5, 5.41) is 7.14. The number of aromatic nitrogens is 3. The normalized spacial score (nSPS) is 14.6. The number of benzene rings is 1. The Kier molecular flexibility index (Phi) is 4.89. The first kappa shape index (κ1) is 18.6. The van der Waals surface area contributed by atoms with Crippen LogP contribution in [0.2, 0.25) is 0 Å². The minimum Gasteiger partial charge on any atom is -0.303 e. The lowest BCUT2D eigenvalue weighted by atomic mass is 9.90. The van der Waals surface area contributed by atoms with Gasteiger partial charge in [0.05, 0.1) is 12.1 Å². The molecule has 0 aliphatic carbocycles. The topological polar surface area (TPSA) is 46.0 Å². The molecule has 0 spiro atoms.